The molecule has 4 rings (SSSR count). The van der Waals surface area contributed by atoms with Crippen LogP contribution >= 0.6 is 0 Å². The maximum absolute atomic E-state index is 13.6. The average Bonchev–Trinajstić information content (AvgIpc) is 3.47. The predicted octanol–water partition coefficient (Wildman–Crippen LogP) is 4.07. The largest absolute Gasteiger partial charge is 0.435 e. The lowest BCUT2D eigenvalue weighted by molar-refractivity contribution is -0.171. The maximum Gasteiger partial charge on any atom is 0.411 e. The summed E-state index contributed by atoms with van der Waals surface area (Å²) in [6, 6.07) is 2.93. The highest BCUT2D eigenvalue weighted by Gasteiger charge is 2.64. The third-order valence-electron chi connectivity index (χ3n) is 6.94. The number of amides is 2. The van der Waals surface area contributed by atoms with Gasteiger partial charge in [-0.25, -0.2) is 4.39 Å². The number of likely N-dealkylation sites (tertiary alicyclic amines) is 1. The number of alkyl halides is 5. The van der Waals surface area contributed by atoms with Crippen molar-refractivity contribution in [2.75, 3.05) is 25.0 Å². The van der Waals surface area contributed by atoms with Crippen LogP contribution in [0.25, 0.3) is 0 Å². The SMILES string of the molecule is O=C(CN1CC2(CCC(C(=O)Nc3cc(F)cc(OC(F)F)c3)CC2)C1)NC1(C(F)(F)F)CC1. The first-order valence-electron chi connectivity index (χ1n) is 11.1. The second-order valence-electron chi connectivity index (χ2n) is 9.59. The predicted molar refractivity (Wildman–Crippen MR) is 109 cm³/mol. The van der Waals surface area contributed by atoms with E-state index in [1.807, 2.05) is 0 Å². The second kappa shape index (κ2) is 8.94. The topological polar surface area (TPSA) is 70.7 Å². The molecular formula is C22H25F6N3O3. The molecule has 2 aliphatic carbocycles. The van der Waals surface area contributed by atoms with Gasteiger partial charge in [-0.1, -0.05) is 0 Å². The second-order valence-corrected chi connectivity index (χ2v) is 9.59. The molecule has 188 valence electrons. The van der Waals surface area contributed by atoms with Crippen molar-refractivity contribution in [2.45, 2.75) is 56.9 Å². The number of rotatable bonds is 7. The van der Waals surface area contributed by atoms with Crippen LogP contribution in [0.5, 0.6) is 5.75 Å². The van der Waals surface area contributed by atoms with E-state index in [0.29, 0.717) is 38.8 Å². The zero-order chi connectivity index (χ0) is 24.7. The lowest BCUT2D eigenvalue weighted by atomic mass is 9.65. The molecule has 0 atom stereocenters. The molecule has 1 spiro atoms. The lowest BCUT2D eigenvalue weighted by Crippen LogP contribution is -2.61. The summed E-state index contributed by atoms with van der Waals surface area (Å²) in [5.74, 6) is -2.54. The van der Waals surface area contributed by atoms with Crippen LogP contribution in [0.3, 0.4) is 0 Å². The number of nitrogens with zero attached hydrogens (tertiary/aromatic N) is 1. The summed E-state index contributed by atoms with van der Waals surface area (Å²) in [5, 5.41) is 4.67. The minimum Gasteiger partial charge on any atom is -0.435 e. The van der Waals surface area contributed by atoms with Gasteiger partial charge < -0.3 is 15.4 Å². The molecule has 0 unspecified atom stereocenters. The Balaban J connectivity index is 1.22. The molecule has 0 bridgehead atoms. The van der Waals surface area contributed by atoms with E-state index in [0.717, 1.165) is 18.2 Å². The van der Waals surface area contributed by atoms with Crippen molar-refractivity contribution in [3.05, 3.63) is 24.0 Å². The fraction of sp³-hybridized carbons (Fsp3) is 0.636. The number of benzene rings is 1. The molecule has 2 amide bonds. The van der Waals surface area contributed by atoms with E-state index >= 15 is 0 Å². The summed E-state index contributed by atoms with van der Waals surface area (Å²) in [4.78, 5) is 26.4. The summed E-state index contributed by atoms with van der Waals surface area (Å²) in [6.07, 6.45) is -2.10. The number of halogens is 6. The third kappa shape index (κ3) is 5.42. The van der Waals surface area contributed by atoms with Gasteiger partial charge >= 0.3 is 12.8 Å². The van der Waals surface area contributed by atoms with Crippen molar-refractivity contribution < 1.29 is 40.7 Å². The minimum atomic E-state index is -4.44. The van der Waals surface area contributed by atoms with Crippen LogP contribution in [0.4, 0.5) is 32.0 Å². The van der Waals surface area contributed by atoms with Gasteiger partial charge in [0.1, 0.15) is 17.1 Å². The van der Waals surface area contributed by atoms with E-state index in [1.54, 1.807) is 4.90 Å². The van der Waals surface area contributed by atoms with E-state index < -0.39 is 35.8 Å². The van der Waals surface area contributed by atoms with Gasteiger partial charge in [-0.2, -0.15) is 22.0 Å². The van der Waals surface area contributed by atoms with Crippen LogP contribution in [0.2, 0.25) is 0 Å². The van der Waals surface area contributed by atoms with Crippen LogP contribution < -0.4 is 15.4 Å². The van der Waals surface area contributed by atoms with Crippen molar-refractivity contribution >= 4 is 17.5 Å². The third-order valence-corrected chi connectivity index (χ3v) is 6.94. The molecule has 2 N–H and O–H groups in total. The van der Waals surface area contributed by atoms with E-state index in [4.69, 9.17) is 0 Å². The number of carbonyl (C=O) groups is 2. The van der Waals surface area contributed by atoms with Crippen LogP contribution in [0, 0.1) is 17.2 Å². The molecule has 0 radical (unpaired) electrons. The van der Waals surface area contributed by atoms with Crippen LogP contribution in [0.15, 0.2) is 18.2 Å². The molecule has 1 aromatic carbocycles. The highest BCUT2D eigenvalue weighted by atomic mass is 19.4. The average molecular weight is 493 g/mol. The zero-order valence-electron chi connectivity index (χ0n) is 18.2. The summed E-state index contributed by atoms with van der Waals surface area (Å²) in [7, 11) is 0. The highest BCUT2D eigenvalue weighted by molar-refractivity contribution is 5.92. The van der Waals surface area contributed by atoms with E-state index in [2.05, 4.69) is 15.4 Å². The van der Waals surface area contributed by atoms with E-state index in [1.165, 1.54) is 0 Å². The van der Waals surface area contributed by atoms with Gasteiger partial charge in [-0.05, 0) is 50.0 Å². The van der Waals surface area contributed by atoms with Crippen molar-refractivity contribution in [3.63, 3.8) is 0 Å². The highest BCUT2D eigenvalue weighted by Crippen LogP contribution is 2.49. The Labute approximate surface area is 192 Å². The molecular weight excluding hydrogens is 468 g/mol. The van der Waals surface area contributed by atoms with Crippen molar-refractivity contribution in [1.29, 1.82) is 0 Å². The van der Waals surface area contributed by atoms with Crippen molar-refractivity contribution in [1.82, 2.24) is 10.2 Å². The number of hydrogen-bond donors (Lipinski definition) is 2. The number of anilines is 1. The van der Waals surface area contributed by atoms with Crippen LogP contribution in [-0.2, 0) is 9.59 Å². The molecule has 6 nitrogen and oxygen atoms in total. The standard InChI is InChI=1S/C22H25F6N3O3/c23-14-7-15(9-16(8-14)34-19(24)25)29-18(33)13-1-3-20(4-2-13)11-31(12-20)10-17(32)30-21(5-6-21)22(26,27)28/h7-9,13,19H,1-6,10-12H2,(H,29,33)(H,30,32). The molecule has 3 aliphatic rings. The van der Waals surface area contributed by atoms with Gasteiger partial charge in [0.2, 0.25) is 11.8 Å². The fourth-order valence-corrected chi connectivity index (χ4v) is 4.99. The molecule has 1 aliphatic heterocycles. The molecule has 1 saturated heterocycles. The van der Waals surface area contributed by atoms with Gasteiger partial charge in [0.05, 0.1) is 6.54 Å². The Bertz CT molecular complexity index is 934. The lowest BCUT2D eigenvalue weighted by Gasteiger charge is -2.53. The first kappa shape index (κ1) is 24.6. The molecule has 34 heavy (non-hydrogen) atoms. The molecule has 3 fully saturated rings. The van der Waals surface area contributed by atoms with Gasteiger partial charge in [0.25, 0.3) is 0 Å². The molecule has 1 heterocycles. The number of hydrogen-bond acceptors (Lipinski definition) is 4. The Morgan fingerprint density at radius 2 is 1.74 bits per heavy atom. The van der Waals surface area contributed by atoms with Crippen LogP contribution in [0.1, 0.15) is 38.5 Å². The minimum absolute atomic E-state index is 0.0223. The molecule has 0 aromatic heterocycles. The maximum atomic E-state index is 13.6. The Hall–Kier alpha value is -2.50. The van der Waals surface area contributed by atoms with Gasteiger partial charge in [0.15, 0.2) is 0 Å². The summed E-state index contributed by atoms with van der Waals surface area (Å²) in [5.41, 5.74) is -2.12. The first-order valence-corrected chi connectivity index (χ1v) is 11.1. The summed E-state index contributed by atoms with van der Waals surface area (Å²) < 4.78 is 81.5. The Morgan fingerprint density at radius 1 is 1.09 bits per heavy atom. The molecule has 2 saturated carbocycles. The first-order chi connectivity index (χ1) is 15.9. The fourth-order valence-electron chi connectivity index (χ4n) is 4.99. The van der Waals surface area contributed by atoms with Crippen molar-refractivity contribution in [2.24, 2.45) is 11.3 Å². The molecule has 1 aromatic rings. The summed E-state index contributed by atoms with van der Waals surface area (Å²) >= 11 is 0. The molecule has 12 heteroatoms. The van der Waals surface area contributed by atoms with E-state index in [-0.39, 0.29) is 42.3 Å². The smallest absolute Gasteiger partial charge is 0.411 e. The number of nitrogens with one attached hydrogen (secondary N) is 2. The van der Waals surface area contributed by atoms with Gasteiger partial charge in [0, 0.05) is 36.8 Å². The van der Waals surface area contributed by atoms with Gasteiger partial charge in [-0.3, -0.25) is 14.5 Å². The summed E-state index contributed by atoms with van der Waals surface area (Å²) in [6.45, 7) is -2.06. The zero-order valence-corrected chi connectivity index (χ0v) is 18.2. The normalized spacial score (nSPS) is 21.7. The number of ether oxygens (including phenoxy) is 1. The van der Waals surface area contributed by atoms with Gasteiger partial charge in [-0.15, -0.1) is 0 Å². The Morgan fingerprint density at radius 3 is 2.29 bits per heavy atom. The quantitative estimate of drug-likeness (QED) is 0.562. The van der Waals surface area contributed by atoms with Crippen LogP contribution in [-0.4, -0.2) is 54.7 Å². The van der Waals surface area contributed by atoms with E-state index in [9.17, 15) is 35.9 Å². The van der Waals surface area contributed by atoms with Crippen molar-refractivity contribution in [3.8, 4) is 5.75 Å². The monoisotopic (exact) mass is 493 g/mol. The Kier molecular flexibility index (Phi) is 6.47. The number of carbonyl (C=O) groups excluding carboxylic acids is 2.